The smallest absolute Gasteiger partial charge is 0.238 e. The molecule has 0 unspecified atom stereocenters. The minimum absolute atomic E-state index is 0.116. The van der Waals surface area contributed by atoms with Crippen molar-refractivity contribution in [1.82, 2.24) is 5.32 Å². The monoisotopic (exact) mass is 268 g/mol. The van der Waals surface area contributed by atoms with Gasteiger partial charge in [0.15, 0.2) is 0 Å². The second-order valence-corrected chi connectivity index (χ2v) is 4.82. The minimum atomic E-state index is -0.439. The molecule has 0 fully saturated rings. The average molecular weight is 268 g/mol. The Morgan fingerprint density at radius 1 is 1.37 bits per heavy atom. The van der Waals surface area contributed by atoms with Crippen molar-refractivity contribution in [3.8, 4) is 0 Å². The molecule has 1 aromatic rings. The van der Waals surface area contributed by atoms with Crippen LogP contribution in [0.25, 0.3) is 0 Å². The molecule has 0 bridgehead atoms. The molecule has 0 aliphatic rings. The first-order valence-corrected chi connectivity index (χ1v) is 6.33. The van der Waals surface area contributed by atoms with Crippen LogP contribution in [0, 0.1) is 5.82 Å². The van der Waals surface area contributed by atoms with Crippen molar-refractivity contribution in [3.05, 3.63) is 30.1 Å². The van der Waals surface area contributed by atoms with Gasteiger partial charge < -0.3 is 15.4 Å². The molecule has 1 rings (SSSR count). The number of anilines is 1. The van der Waals surface area contributed by atoms with Crippen LogP contribution in [0.15, 0.2) is 24.3 Å². The first kappa shape index (κ1) is 15.6. The summed E-state index contributed by atoms with van der Waals surface area (Å²) in [7, 11) is 0. The molecule has 5 heteroatoms. The van der Waals surface area contributed by atoms with Gasteiger partial charge in [-0.15, -0.1) is 0 Å². The lowest BCUT2D eigenvalue weighted by Crippen LogP contribution is -2.40. The number of ether oxygens (including phenoxy) is 1. The van der Waals surface area contributed by atoms with Gasteiger partial charge in [0.2, 0.25) is 5.91 Å². The molecule has 0 atom stereocenters. The molecule has 2 N–H and O–H groups in total. The molecule has 0 saturated carbocycles. The number of rotatable bonds is 7. The van der Waals surface area contributed by atoms with Crippen LogP contribution in [0.5, 0.6) is 0 Å². The zero-order chi connectivity index (χ0) is 14.3. The van der Waals surface area contributed by atoms with E-state index in [1.807, 2.05) is 20.8 Å². The predicted molar refractivity (Wildman–Crippen MR) is 73.6 cm³/mol. The highest BCUT2D eigenvalue weighted by molar-refractivity contribution is 5.92. The Hall–Kier alpha value is -1.46. The lowest BCUT2D eigenvalue weighted by Gasteiger charge is -2.24. The number of hydrogen-bond donors (Lipinski definition) is 2. The molecule has 0 radical (unpaired) electrons. The van der Waals surface area contributed by atoms with E-state index < -0.39 is 5.82 Å². The normalized spacial score (nSPS) is 11.4. The molecule has 0 saturated heterocycles. The quantitative estimate of drug-likeness (QED) is 0.797. The molecule has 0 aliphatic heterocycles. The Bertz CT molecular complexity index is 422. The molecular formula is C14H21FN2O2. The second-order valence-electron chi connectivity index (χ2n) is 4.82. The minimum Gasteiger partial charge on any atom is -0.375 e. The number of amides is 1. The largest absolute Gasteiger partial charge is 0.375 e. The summed E-state index contributed by atoms with van der Waals surface area (Å²) >= 11 is 0. The maximum atomic E-state index is 13.3. The van der Waals surface area contributed by atoms with Crippen molar-refractivity contribution in [2.45, 2.75) is 26.4 Å². The third-order valence-corrected chi connectivity index (χ3v) is 2.52. The van der Waals surface area contributed by atoms with Gasteiger partial charge in [-0.1, -0.05) is 12.1 Å². The first-order chi connectivity index (χ1) is 8.94. The molecule has 4 nitrogen and oxygen atoms in total. The van der Waals surface area contributed by atoms with E-state index >= 15 is 0 Å². The van der Waals surface area contributed by atoms with Gasteiger partial charge in [0.05, 0.1) is 17.8 Å². The number of nitrogens with one attached hydrogen (secondary N) is 2. The molecule has 0 spiro atoms. The maximum absolute atomic E-state index is 13.3. The SMILES string of the molecule is CCOC(C)(C)CNCC(=O)Nc1ccccc1F. The van der Waals surface area contributed by atoms with E-state index in [1.54, 1.807) is 12.1 Å². The molecule has 19 heavy (non-hydrogen) atoms. The average Bonchev–Trinajstić information content (AvgIpc) is 2.31. The van der Waals surface area contributed by atoms with Crippen molar-refractivity contribution in [2.24, 2.45) is 0 Å². The van der Waals surface area contributed by atoms with Gasteiger partial charge in [0.25, 0.3) is 0 Å². The molecule has 0 aromatic heterocycles. The van der Waals surface area contributed by atoms with Crippen molar-refractivity contribution in [2.75, 3.05) is 25.0 Å². The fourth-order valence-electron chi connectivity index (χ4n) is 1.68. The highest BCUT2D eigenvalue weighted by atomic mass is 19.1. The molecule has 0 heterocycles. The Morgan fingerprint density at radius 3 is 2.68 bits per heavy atom. The van der Waals surface area contributed by atoms with E-state index in [2.05, 4.69) is 10.6 Å². The third-order valence-electron chi connectivity index (χ3n) is 2.52. The van der Waals surface area contributed by atoms with E-state index in [1.165, 1.54) is 12.1 Å². The zero-order valence-corrected chi connectivity index (χ0v) is 11.6. The van der Waals surface area contributed by atoms with Gasteiger partial charge >= 0.3 is 0 Å². The molecular weight excluding hydrogens is 247 g/mol. The fourth-order valence-corrected chi connectivity index (χ4v) is 1.68. The highest BCUT2D eigenvalue weighted by Gasteiger charge is 2.17. The van der Waals surface area contributed by atoms with Gasteiger partial charge in [-0.2, -0.15) is 0 Å². The van der Waals surface area contributed by atoms with Crippen molar-refractivity contribution < 1.29 is 13.9 Å². The first-order valence-electron chi connectivity index (χ1n) is 6.33. The molecule has 1 amide bonds. The number of hydrogen-bond acceptors (Lipinski definition) is 3. The summed E-state index contributed by atoms with van der Waals surface area (Å²) in [5.41, 5.74) is -0.133. The Kier molecular flexibility index (Phi) is 5.92. The van der Waals surface area contributed by atoms with Gasteiger partial charge in [-0.25, -0.2) is 4.39 Å². The summed E-state index contributed by atoms with van der Waals surface area (Å²) in [4.78, 5) is 11.6. The lowest BCUT2D eigenvalue weighted by molar-refractivity contribution is -0.115. The zero-order valence-electron chi connectivity index (χ0n) is 11.6. The van der Waals surface area contributed by atoms with Crippen LogP contribution in [0.3, 0.4) is 0 Å². The van der Waals surface area contributed by atoms with Crippen molar-refractivity contribution in [3.63, 3.8) is 0 Å². The summed E-state index contributed by atoms with van der Waals surface area (Å²) in [6.07, 6.45) is 0. The lowest BCUT2D eigenvalue weighted by atomic mass is 10.1. The summed E-state index contributed by atoms with van der Waals surface area (Å²) in [6.45, 7) is 7.09. The van der Waals surface area contributed by atoms with E-state index in [0.717, 1.165) is 0 Å². The van der Waals surface area contributed by atoms with Crippen LogP contribution in [0.2, 0.25) is 0 Å². The van der Waals surface area contributed by atoms with E-state index in [0.29, 0.717) is 13.2 Å². The van der Waals surface area contributed by atoms with Crippen LogP contribution in [0.1, 0.15) is 20.8 Å². The summed E-state index contributed by atoms with van der Waals surface area (Å²) in [5.74, 6) is -0.720. The number of para-hydroxylation sites is 1. The van der Waals surface area contributed by atoms with Crippen LogP contribution in [-0.4, -0.2) is 31.2 Å². The standard InChI is InChI=1S/C14H21FN2O2/c1-4-19-14(2,3)10-16-9-13(18)17-12-8-6-5-7-11(12)15/h5-8,16H,4,9-10H2,1-3H3,(H,17,18). The third kappa shape index (κ3) is 5.81. The van der Waals surface area contributed by atoms with E-state index in [-0.39, 0.29) is 23.7 Å². The van der Waals surface area contributed by atoms with Crippen LogP contribution < -0.4 is 10.6 Å². The summed E-state index contributed by atoms with van der Waals surface area (Å²) < 4.78 is 18.8. The Morgan fingerprint density at radius 2 is 2.05 bits per heavy atom. The van der Waals surface area contributed by atoms with Crippen LogP contribution in [0.4, 0.5) is 10.1 Å². The van der Waals surface area contributed by atoms with Gasteiger partial charge in [-0.3, -0.25) is 4.79 Å². The maximum Gasteiger partial charge on any atom is 0.238 e. The summed E-state index contributed by atoms with van der Waals surface area (Å²) in [5, 5.41) is 5.50. The molecule has 1 aromatic carbocycles. The topological polar surface area (TPSA) is 50.4 Å². The number of carbonyl (C=O) groups excluding carboxylic acids is 1. The summed E-state index contributed by atoms with van der Waals surface area (Å²) in [6, 6.07) is 6.08. The highest BCUT2D eigenvalue weighted by Crippen LogP contribution is 2.12. The Labute approximate surface area is 113 Å². The van der Waals surface area contributed by atoms with Gasteiger partial charge in [-0.05, 0) is 32.9 Å². The number of benzene rings is 1. The van der Waals surface area contributed by atoms with E-state index in [4.69, 9.17) is 4.74 Å². The van der Waals surface area contributed by atoms with Crippen LogP contribution >= 0.6 is 0 Å². The Balaban J connectivity index is 2.35. The number of halogens is 1. The predicted octanol–water partition coefficient (Wildman–Crippen LogP) is 2.17. The van der Waals surface area contributed by atoms with Gasteiger partial charge in [0, 0.05) is 13.2 Å². The van der Waals surface area contributed by atoms with Crippen LogP contribution in [-0.2, 0) is 9.53 Å². The molecule has 106 valence electrons. The fraction of sp³-hybridized carbons (Fsp3) is 0.500. The second kappa shape index (κ2) is 7.21. The number of carbonyl (C=O) groups is 1. The van der Waals surface area contributed by atoms with Crippen molar-refractivity contribution >= 4 is 11.6 Å². The van der Waals surface area contributed by atoms with E-state index in [9.17, 15) is 9.18 Å². The van der Waals surface area contributed by atoms with Gasteiger partial charge in [0.1, 0.15) is 5.82 Å². The molecule has 0 aliphatic carbocycles. The van der Waals surface area contributed by atoms with Crippen molar-refractivity contribution in [1.29, 1.82) is 0 Å².